The van der Waals surface area contributed by atoms with E-state index in [2.05, 4.69) is 37.4 Å². The maximum atomic E-state index is 12.3. The molecule has 0 fully saturated rings. The van der Waals surface area contributed by atoms with Crippen molar-refractivity contribution in [2.75, 3.05) is 12.4 Å². The molecule has 2 aromatic carbocycles. The summed E-state index contributed by atoms with van der Waals surface area (Å²) in [5.74, 6) is -0.351. The smallest absolute Gasteiger partial charge is 0.356 e. The van der Waals surface area contributed by atoms with Gasteiger partial charge in [0.2, 0.25) is 0 Å². The van der Waals surface area contributed by atoms with E-state index < -0.39 is 0 Å². The molecule has 3 aromatic rings. The molecule has 0 aliphatic rings. The molecule has 0 aliphatic carbocycles. The lowest BCUT2D eigenvalue weighted by Crippen LogP contribution is -2.10. The molecule has 118 valence electrons. The normalized spacial score (nSPS) is 10.8. The van der Waals surface area contributed by atoms with Gasteiger partial charge in [0.15, 0.2) is 5.69 Å². The minimum atomic E-state index is -0.351. The van der Waals surface area contributed by atoms with Crippen molar-refractivity contribution in [3.05, 3.63) is 59.3 Å². The monoisotopic (exact) mass is 308 g/mol. The minimum absolute atomic E-state index is 0.351. The Morgan fingerprint density at radius 2 is 1.74 bits per heavy atom. The Balaban J connectivity index is 2.20. The van der Waals surface area contributed by atoms with E-state index in [1.54, 1.807) is 0 Å². The highest BCUT2D eigenvalue weighted by molar-refractivity contribution is 6.07. The summed E-state index contributed by atoms with van der Waals surface area (Å²) >= 11 is 0. The van der Waals surface area contributed by atoms with Gasteiger partial charge < -0.3 is 14.6 Å². The Hall–Kier alpha value is -2.75. The number of aromatic nitrogens is 1. The average molecular weight is 308 g/mol. The number of benzene rings is 2. The summed E-state index contributed by atoms with van der Waals surface area (Å²) < 4.78 is 6.84. The van der Waals surface area contributed by atoms with Crippen LogP contribution in [0.1, 0.15) is 21.6 Å². The molecule has 4 heteroatoms. The number of rotatable bonds is 3. The van der Waals surface area contributed by atoms with Crippen LogP contribution in [-0.4, -0.2) is 17.6 Å². The molecule has 3 rings (SSSR count). The predicted octanol–water partition coefficient (Wildman–Crippen LogP) is 4.33. The van der Waals surface area contributed by atoms with Crippen molar-refractivity contribution in [1.29, 1.82) is 0 Å². The number of carbonyl (C=O) groups excluding carboxylic acids is 1. The lowest BCUT2D eigenvalue weighted by Gasteiger charge is -2.10. The standard InChI is InChI=1S/C19H20N2O2/c1-12-9-13(2)11-14(10-12)20-17-15-7-5-6-8-16(15)21(3)18(17)19(22)23-4/h5-11,20H,1-4H3. The molecule has 0 saturated heterocycles. The van der Waals surface area contributed by atoms with E-state index in [4.69, 9.17) is 4.74 Å². The molecule has 0 aliphatic heterocycles. The maximum Gasteiger partial charge on any atom is 0.356 e. The third kappa shape index (κ3) is 2.68. The first-order chi connectivity index (χ1) is 11.0. The van der Waals surface area contributed by atoms with Crippen LogP contribution < -0.4 is 5.32 Å². The molecule has 23 heavy (non-hydrogen) atoms. The number of anilines is 2. The maximum absolute atomic E-state index is 12.3. The lowest BCUT2D eigenvalue weighted by molar-refractivity contribution is 0.0591. The number of hydrogen-bond donors (Lipinski definition) is 1. The summed E-state index contributed by atoms with van der Waals surface area (Å²) in [6, 6.07) is 14.2. The topological polar surface area (TPSA) is 43.3 Å². The van der Waals surface area contributed by atoms with Gasteiger partial charge in [0.25, 0.3) is 0 Å². The van der Waals surface area contributed by atoms with Crippen molar-refractivity contribution in [1.82, 2.24) is 4.57 Å². The van der Waals surface area contributed by atoms with E-state index in [1.807, 2.05) is 35.9 Å². The van der Waals surface area contributed by atoms with Crippen LogP contribution in [-0.2, 0) is 11.8 Å². The van der Waals surface area contributed by atoms with E-state index in [0.717, 1.165) is 22.3 Å². The first-order valence-corrected chi connectivity index (χ1v) is 7.52. The third-order valence-electron chi connectivity index (χ3n) is 3.98. The highest BCUT2D eigenvalue weighted by Crippen LogP contribution is 2.33. The van der Waals surface area contributed by atoms with Crippen molar-refractivity contribution < 1.29 is 9.53 Å². The molecule has 1 aromatic heterocycles. The quantitative estimate of drug-likeness (QED) is 0.733. The van der Waals surface area contributed by atoms with Gasteiger partial charge >= 0.3 is 5.97 Å². The number of para-hydroxylation sites is 1. The van der Waals surface area contributed by atoms with Gasteiger partial charge in [-0.3, -0.25) is 0 Å². The number of hydrogen-bond acceptors (Lipinski definition) is 3. The Morgan fingerprint density at radius 3 is 2.39 bits per heavy atom. The highest BCUT2D eigenvalue weighted by atomic mass is 16.5. The van der Waals surface area contributed by atoms with Gasteiger partial charge in [0.05, 0.1) is 18.3 Å². The molecule has 0 spiro atoms. The zero-order chi connectivity index (χ0) is 16.6. The summed E-state index contributed by atoms with van der Waals surface area (Å²) in [5, 5.41) is 4.41. The summed E-state index contributed by atoms with van der Waals surface area (Å²) in [6.45, 7) is 4.12. The molecule has 0 unspecified atom stereocenters. The zero-order valence-corrected chi connectivity index (χ0v) is 13.8. The second-order valence-corrected chi connectivity index (χ2v) is 5.79. The predicted molar refractivity (Wildman–Crippen MR) is 93.5 cm³/mol. The van der Waals surface area contributed by atoms with Crippen LogP contribution in [0.3, 0.4) is 0 Å². The van der Waals surface area contributed by atoms with Crippen LogP contribution >= 0.6 is 0 Å². The van der Waals surface area contributed by atoms with Gasteiger partial charge in [-0.2, -0.15) is 0 Å². The van der Waals surface area contributed by atoms with Crippen molar-refractivity contribution >= 4 is 28.2 Å². The van der Waals surface area contributed by atoms with Gasteiger partial charge in [-0.15, -0.1) is 0 Å². The van der Waals surface area contributed by atoms with Crippen LogP contribution in [0.4, 0.5) is 11.4 Å². The van der Waals surface area contributed by atoms with E-state index in [0.29, 0.717) is 5.69 Å². The summed E-state index contributed by atoms with van der Waals surface area (Å²) in [7, 11) is 3.28. The second-order valence-electron chi connectivity index (χ2n) is 5.79. The Labute approximate surface area is 135 Å². The minimum Gasteiger partial charge on any atom is -0.464 e. The number of esters is 1. The van der Waals surface area contributed by atoms with Gasteiger partial charge in [0, 0.05) is 18.1 Å². The van der Waals surface area contributed by atoms with E-state index >= 15 is 0 Å². The summed E-state index contributed by atoms with van der Waals surface area (Å²) in [4.78, 5) is 12.3. The lowest BCUT2D eigenvalue weighted by atomic mass is 10.1. The van der Waals surface area contributed by atoms with E-state index in [-0.39, 0.29) is 5.97 Å². The number of nitrogens with zero attached hydrogens (tertiary/aromatic N) is 1. The van der Waals surface area contributed by atoms with Gasteiger partial charge in [0.1, 0.15) is 0 Å². The number of fused-ring (bicyclic) bond motifs is 1. The molecule has 0 amide bonds. The van der Waals surface area contributed by atoms with Gasteiger partial charge in [-0.05, 0) is 43.2 Å². The fourth-order valence-corrected chi connectivity index (χ4v) is 3.05. The third-order valence-corrected chi connectivity index (χ3v) is 3.98. The molecule has 0 bridgehead atoms. The number of methoxy groups -OCH3 is 1. The number of nitrogens with one attached hydrogen (secondary N) is 1. The van der Waals surface area contributed by atoms with Crippen molar-refractivity contribution in [3.63, 3.8) is 0 Å². The molecule has 1 heterocycles. The number of carbonyl (C=O) groups is 1. The van der Waals surface area contributed by atoms with Crippen molar-refractivity contribution in [3.8, 4) is 0 Å². The Kier molecular flexibility index (Phi) is 3.82. The Bertz CT molecular complexity index is 874. The SMILES string of the molecule is COC(=O)c1c(Nc2cc(C)cc(C)c2)c2ccccc2n1C. The molecule has 4 nitrogen and oxygen atoms in total. The molecule has 0 atom stereocenters. The van der Waals surface area contributed by atoms with Crippen LogP contribution in [0, 0.1) is 13.8 Å². The molecular weight excluding hydrogens is 288 g/mol. The second kappa shape index (κ2) is 5.80. The number of aryl methyl sites for hydroxylation is 3. The van der Waals surface area contributed by atoms with Crippen LogP contribution in [0.15, 0.2) is 42.5 Å². The first kappa shape index (κ1) is 15.2. The highest BCUT2D eigenvalue weighted by Gasteiger charge is 2.21. The van der Waals surface area contributed by atoms with Gasteiger partial charge in [-0.25, -0.2) is 4.79 Å². The van der Waals surface area contributed by atoms with Crippen LogP contribution in [0.2, 0.25) is 0 Å². The molecule has 0 radical (unpaired) electrons. The summed E-state index contributed by atoms with van der Waals surface area (Å²) in [5.41, 5.74) is 5.59. The van der Waals surface area contributed by atoms with Crippen LogP contribution in [0.5, 0.6) is 0 Å². The number of ether oxygens (including phenoxy) is 1. The summed E-state index contributed by atoms with van der Waals surface area (Å²) in [6.07, 6.45) is 0. The zero-order valence-electron chi connectivity index (χ0n) is 13.8. The average Bonchev–Trinajstić information content (AvgIpc) is 2.79. The fourth-order valence-electron chi connectivity index (χ4n) is 3.05. The van der Waals surface area contributed by atoms with Crippen LogP contribution in [0.25, 0.3) is 10.9 Å². The van der Waals surface area contributed by atoms with E-state index in [1.165, 1.54) is 18.2 Å². The fraction of sp³-hybridized carbons (Fsp3) is 0.211. The van der Waals surface area contributed by atoms with Crippen molar-refractivity contribution in [2.45, 2.75) is 13.8 Å². The Morgan fingerprint density at radius 1 is 1.09 bits per heavy atom. The molecular formula is C19H20N2O2. The first-order valence-electron chi connectivity index (χ1n) is 7.52. The van der Waals surface area contributed by atoms with Gasteiger partial charge in [-0.1, -0.05) is 24.3 Å². The largest absolute Gasteiger partial charge is 0.464 e. The van der Waals surface area contributed by atoms with E-state index in [9.17, 15) is 4.79 Å². The molecule has 0 saturated carbocycles. The molecule has 1 N–H and O–H groups in total. The van der Waals surface area contributed by atoms with Crippen molar-refractivity contribution in [2.24, 2.45) is 7.05 Å².